The first-order valence-electron chi connectivity index (χ1n) is 6.13. The molecular weight excluding hydrogens is 216 g/mol. The zero-order chi connectivity index (χ0) is 12.3. The van der Waals surface area contributed by atoms with Crippen LogP contribution in [-0.2, 0) is 7.05 Å². The highest BCUT2D eigenvalue weighted by molar-refractivity contribution is 5.91. The van der Waals surface area contributed by atoms with Crippen molar-refractivity contribution in [3.8, 4) is 0 Å². The van der Waals surface area contributed by atoms with Crippen LogP contribution in [-0.4, -0.2) is 46.5 Å². The van der Waals surface area contributed by atoms with Crippen LogP contribution in [0, 0.1) is 0 Å². The molecule has 94 valence electrons. The van der Waals surface area contributed by atoms with Gasteiger partial charge in [0.15, 0.2) is 0 Å². The first-order valence-corrected chi connectivity index (χ1v) is 6.13. The Morgan fingerprint density at radius 2 is 2.47 bits per heavy atom. The van der Waals surface area contributed by atoms with E-state index in [1.165, 1.54) is 12.8 Å². The molecule has 1 atom stereocenters. The van der Waals surface area contributed by atoms with Gasteiger partial charge in [0.25, 0.3) is 5.91 Å². The van der Waals surface area contributed by atoms with Crippen molar-refractivity contribution < 1.29 is 4.79 Å². The molecule has 1 N–H and O–H groups in total. The van der Waals surface area contributed by atoms with Gasteiger partial charge in [0.2, 0.25) is 0 Å². The van der Waals surface area contributed by atoms with Gasteiger partial charge in [-0.2, -0.15) is 0 Å². The van der Waals surface area contributed by atoms with Crippen molar-refractivity contribution in [1.82, 2.24) is 19.8 Å². The summed E-state index contributed by atoms with van der Waals surface area (Å²) < 4.78 is 1.79. The fourth-order valence-corrected chi connectivity index (χ4v) is 2.21. The molecule has 1 aliphatic rings. The molecule has 0 saturated carbocycles. The number of aromatic nitrogens is 2. The van der Waals surface area contributed by atoms with Crippen molar-refractivity contribution in [2.24, 2.45) is 7.05 Å². The predicted molar refractivity (Wildman–Crippen MR) is 65.8 cm³/mol. The van der Waals surface area contributed by atoms with Crippen molar-refractivity contribution in [3.63, 3.8) is 0 Å². The monoisotopic (exact) mass is 236 g/mol. The molecule has 0 spiro atoms. The summed E-state index contributed by atoms with van der Waals surface area (Å²) in [5, 5.41) is 3.44. The third kappa shape index (κ3) is 3.06. The molecule has 0 aliphatic carbocycles. The minimum atomic E-state index is -0.00188. The lowest BCUT2D eigenvalue weighted by molar-refractivity contribution is 0.0770. The highest BCUT2D eigenvalue weighted by atomic mass is 16.2. The normalized spacial score (nSPS) is 20.2. The van der Waals surface area contributed by atoms with Crippen LogP contribution in [0.5, 0.6) is 0 Å². The molecule has 2 rings (SSSR count). The Kier molecular flexibility index (Phi) is 3.78. The highest BCUT2D eigenvalue weighted by Crippen LogP contribution is 2.09. The molecule has 1 saturated heterocycles. The van der Waals surface area contributed by atoms with Gasteiger partial charge in [-0.3, -0.25) is 4.79 Å². The summed E-state index contributed by atoms with van der Waals surface area (Å²) in [5.41, 5.74) is 0.519. The van der Waals surface area contributed by atoms with Gasteiger partial charge in [0, 0.05) is 32.9 Å². The SMILES string of the molecule is CN(CC1CCCCN1)C(=O)c1cn(C)cn1. The number of rotatable bonds is 3. The molecule has 0 aromatic carbocycles. The van der Waals surface area contributed by atoms with Crippen LogP contribution in [0.15, 0.2) is 12.5 Å². The maximum absolute atomic E-state index is 12.1. The second-order valence-electron chi connectivity index (χ2n) is 4.76. The molecular formula is C12H20N4O. The average molecular weight is 236 g/mol. The highest BCUT2D eigenvalue weighted by Gasteiger charge is 2.19. The second kappa shape index (κ2) is 5.31. The van der Waals surface area contributed by atoms with Crippen LogP contribution in [0.1, 0.15) is 29.8 Å². The van der Waals surface area contributed by atoms with E-state index < -0.39 is 0 Å². The maximum Gasteiger partial charge on any atom is 0.273 e. The molecule has 1 aliphatic heterocycles. The Morgan fingerprint density at radius 1 is 1.65 bits per heavy atom. The van der Waals surface area contributed by atoms with Crippen LogP contribution < -0.4 is 5.32 Å². The van der Waals surface area contributed by atoms with E-state index in [1.807, 2.05) is 14.1 Å². The smallest absolute Gasteiger partial charge is 0.273 e. The quantitative estimate of drug-likeness (QED) is 0.837. The fraction of sp³-hybridized carbons (Fsp3) is 0.667. The van der Waals surface area contributed by atoms with Crippen molar-refractivity contribution >= 4 is 5.91 Å². The van der Waals surface area contributed by atoms with Gasteiger partial charge in [0.1, 0.15) is 5.69 Å². The van der Waals surface area contributed by atoms with Gasteiger partial charge in [-0.1, -0.05) is 6.42 Å². The number of hydrogen-bond donors (Lipinski definition) is 1. The Balaban J connectivity index is 1.90. The third-order valence-electron chi connectivity index (χ3n) is 3.18. The lowest BCUT2D eigenvalue weighted by atomic mass is 10.0. The molecule has 5 nitrogen and oxygen atoms in total. The number of aryl methyl sites for hydroxylation is 1. The summed E-state index contributed by atoms with van der Waals surface area (Å²) >= 11 is 0. The molecule has 1 unspecified atom stereocenters. The number of nitrogens with one attached hydrogen (secondary N) is 1. The summed E-state index contributed by atoms with van der Waals surface area (Å²) in [7, 11) is 3.71. The summed E-state index contributed by atoms with van der Waals surface area (Å²) in [5.74, 6) is -0.00188. The predicted octanol–water partition coefficient (Wildman–Crippen LogP) is 0.634. The minimum Gasteiger partial charge on any atom is -0.340 e. The largest absolute Gasteiger partial charge is 0.340 e. The van der Waals surface area contributed by atoms with Crippen LogP contribution in [0.4, 0.5) is 0 Å². The Labute approximate surface area is 102 Å². The van der Waals surface area contributed by atoms with Crippen LogP contribution >= 0.6 is 0 Å². The summed E-state index contributed by atoms with van der Waals surface area (Å²) in [6.45, 7) is 1.83. The number of carbonyl (C=O) groups excluding carboxylic acids is 1. The number of nitrogens with zero attached hydrogens (tertiary/aromatic N) is 3. The molecule has 1 amide bonds. The topological polar surface area (TPSA) is 50.2 Å². The molecule has 5 heteroatoms. The van der Waals surface area contributed by atoms with E-state index in [0.29, 0.717) is 11.7 Å². The van der Waals surface area contributed by atoms with Crippen molar-refractivity contribution in [2.75, 3.05) is 20.1 Å². The number of carbonyl (C=O) groups is 1. The van der Waals surface area contributed by atoms with Gasteiger partial charge in [0.05, 0.1) is 6.33 Å². The third-order valence-corrected chi connectivity index (χ3v) is 3.18. The number of piperidine rings is 1. The number of amides is 1. The molecule has 17 heavy (non-hydrogen) atoms. The fourth-order valence-electron chi connectivity index (χ4n) is 2.21. The second-order valence-corrected chi connectivity index (χ2v) is 4.76. The molecule has 0 bridgehead atoms. The van der Waals surface area contributed by atoms with Gasteiger partial charge in [-0.25, -0.2) is 4.98 Å². The average Bonchev–Trinajstić information content (AvgIpc) is 2.76. The first-order chi connectivity index (χ1) is 8.16. The number of hydrogen-bond acceptors (Lipinski definition) is 3. The van der Waals surface area contributed by atoms with E-state index in [2.05, 4.69) is 10.3 Å². The van der Waals surface area contributed by atoms with Gasteiger partial charge >= 0.3 is 0 Å². The summed E-state index contributed by atoms with van der Waals surface area (Å²) in [6.07, 6.45) is 7.06. The van der Waals surface area contributed by atoms with Crippen molar-refractivity contribution in [3.05, 3.63) is 18.2 Å². The van der Waals surface area contributed by atoms with E-state index in [1.54, 1.807) is 22.0 Å². The maximum atomic E-state index is 12.1. The standard InChI is InChI=1S/C12H20N4O/c1-15-8-11(14-9-15)12(17)16(2)7-10-5-3-4-6-13-10/h8-10,13H,3-7H2,1-2H3. The zero-order valence-electron chi connectivity index (χ0n) is 10.5. The Bertz CT molecular complexity index is 382. The van der Waals surface area contributed by atoms with Gasteiger partial charge in [-0.15, -0.1) is 0 Å². The zero-order valence-corrected chi connectivity index (χ0v) is 10.5. The Hall–Kier alpha value is -1.36. The lowest BCUT2D eigenvalue weighted by Crippen LogP contribution is -2.44. The molecule has 1 aromatic heterocycles. The number of likely N-dealkylation sites (N-methyl/N-ethyl adjacent to an activating group) is 1. The van der Waals surface area contributed by atoms with Crippen molar-refractivity contribution in [1.29, 1.82) is 0 Å². The van der Waals surface area contributed by atoms with Crippen LogP contribution in [0.25, 0.3) is 0 Å². The van der Waals surface area contributed by atoms with E-state index in [9.17, 15) is 4.79 Å². The number of imidazole rings is 1. The molecule has 2 heterocycles. The molecule has 1 aromatic rings. The van der Waals surface area contributed by atoms with E-state index in [-0.39, 0.29) is 5.91 Å². The summed E-state index contributed by atoms with van der Waals surface area (Å²) in [4.78, 5) is 17.9. The van der Waals surface area contributed by atoms with Crippen LogP contribution in [0.2, 0.25) is 0 Å². The van der Waals surface area contributed by atoms with Gasteiger partial charge < -0.3 is 14.8 Å². The Morgan fingerprint density at radius 3 is 3.06 bits per heavy atom. The lowest BCUT2D eigenvalue weighted by Gasteiger charge is -2.27. The van der Waals surface area contributed by atoms with E-state index >= 15 is 0 Å². The molecule has 1 fully saturated rings. The minimum absolute atomic E-state index is 0.00188. The van der Waals surface area contributed by atoms with Crippen LogP contribution in [0.3, 0.4) is 0 Å². The van der Waals surface area contributed by atoms with Crippen molar-refractivity contribution in [2.45, 2.75) is 25.3 Å². The van der Waals surface area contributed by atoms with E-state index in [4.69, 9.17) is 0 Å². The first kappa shape index (κ1) is 12.1. The van der Waals surface area contributed by atoms with Gasteiger partial charge in [-0.05, 0) is 19.4 Å². The summed E-state index contributed by atoms with van der Waals surface area (Å²) in [6, 6.07) is 0.432. The molecule has 0 radical (unpaired) electrons. The van der Waals surface area contributed by atoms with E-state index in [0.717, 1.165) is 19.5 Å².